The van der Waals surface area contributed by atoms with E-state index in [4.69, 9.17) is 5.73 Å². The predicted octanol–water partition coefficient (Wildman–Crippen LogP) is 2.82. The molecule has 2 rings (SSSR count). The third kappa shape index (κ3) is 6.79. The van der Waals surface area contributed by atoms with Gasteiger partial charge >= 0.3 is 0 Å². The minimum atomic E-state index is -3.20. The summed E-state index contributed by atoms with van der Waals surface area (Å²) in [5.74, 6) is 0.623. The Kier molecular flexibility index (Phi) is 9.14. The number of nitrogens with two attached hydrogens (primary N) is 1. The second kappa shape index (κ2) is 10.3. The Hall–Kier alpha value is -0.620. The molecule has 0 spiro atoms. The Balaban J connectivity index is 0.00000264. The summed E-state index contributed by atoms with van der Waals surface area (Å²) in [5, 5.41) is 0. The van der Waals surface area contributed by atoms with Gasteiger partial charge in [-0.1, -0.05) is 49.6 Å². The van der Waals surface area contributed by atoms with Gasteiger partial charge in [0.25, 0.3) is 0 Å². The molecule has 0 radical (unpaired) electrons. The highest BCUT2D eigenvalue weighted by Crippen LogP contribution is 2.25. The molecular formula is C17H29ClN2O2S. The smallest absolute Gasteiger partial charge is 0.214 e. The highest BCUT2D eigenvalue weighted by Gasteiger charge is 2.26. The zero-order valence-corrected chi connectivity index (χ0v) is 15.3. The van der Waals surface area contributed by atoms with Crippen molar-refractivity contribution in [3.05, 3.63) is 35.9 Å². The topological polar surface area (TPSA) is 63.4 Å². The van der Waals surface area contributed by atoms with Crippen molar-refractivity contribution < 1.29 is 8.42 Å². The summed E-state index contributed by atoms with van der Waals surface area (Å²) in [6.45, 7) is 1.32. The van der Waals surface area contributed by atoms with Crippen molar-refractivity contribution in [2.75, 3.05) is 25.4 Å². The molecular weight excluding hydrogens is 332 g/mol. The summed E-state index contributed by atoms with van der Waals surface area (Å²) in [4.78, 5) is 0. The van der Waals surface area contributed by atoms with Crippen molar-refractivity contribution in [1.82, 2.24) is 4.31 Å². The fourth-order valence-electron chi connectivity index (χ4n) is 3.19. The van der Waals surface area contributed by atoms with Crippen LogP contribution in [-0.4, -0.2) is 38.1 Å². The lowest BCUT2D eigenvalue weighted by atomic mass is 9.91. The number of rotatable bonds is 8. The van der Waals surface area contributed by atoms with Gasteiger partial charge in [-0.25, -0.2) is 12.7 Å². The zero-order chi connectivity index (χ0) is 15.8. The van der Waals surface area contributed by atoms with Crippen LogP contribution in [0.2, 0.25) is 0 Å². The SMILES string of the molecule is Cl.NCCN(CCc1ccccc1)S(=O)(=O)CC1CCCCC1. The first kappa shape index (κ1) is 20.4. The van der Waals surface area contributed by atoms with Gasteiger partial charge in [-0.05, 0) is 30.7 Å². The summed E-state index contributed by atoms with van der Waals surface area (Å²) in [5.41, 5.74) is 6.79. The Morgan fingerprint density at radius 2 is 1.70 bits per heavy atom. The standard InChI is InChI=1S/C17H28N2O2S.ClH/c18-12-14-19(13-11-16-7-3-1-4-8-16)22(20,21)15-17-9-5-2-6-10-17;/h1,3-4,7-8,17H,2,5-6,9-15,18H2;1H. The van der Waals surface area contributed by atoms with Gasteiger partial charge in [-0.2, -0.15) is 0 Å². The molecule has 1 saturated carbocycles. The van der Waals surface area contributed by atoms with Gasteiger partial charge in [0.2, 0.25) is 10.0 Å². The summed E-state index contributed by atoms with van der Waals surface area (Å²) < 4.78 is 27.0. The van der Waals surface area contributed by atoms with Gasteiger partial charge in [0.05, 0.1) is 5.75 Å². The zero-order valence-electron chi connectivity index (χ0n) is 13.7. The first-order valence-electron chi connectivity index (χ1n) is 8.33. The van der Waals surface area contributed by atoms with Crippen molar-refractivity contribution in [2.24, 2.45) is 11.7 Å². The molecule has 0 saturated heterocycles. The fourth-order valence-corrected chi connectivity index (χ4v) is 5.08. The van der Waals surface area contributed by atoms with Crippen LogP contribution >= 0.6 is 12.4 Å². The van der Waals surface area contributed by atoms with Gasteiger partial charge in [0.1, 0.15) is 0 Å². The maximum absolute atomic E-state index is 12.7. The number of halogens is 1. The second-order valence-corrected chi connectivity index (χ2v) is 8.22. The molecule has 23 heavy (non-hydrogen) atoms. The molecule has 1 aromatic carbocycles. The van der Waals surface area contributed by atoms with Gasteiger partial charge < -0.3 is 5.73 Å². The molecule has 132 valence electrons. The van der Waals surface area contributed by atoms with Crippen LogP contribution < -0.4 is 5.73 Å². The Labute approximate surface area is 146 Å². The van der Waals surface area contributed by atoms with Gasteiger partial charge in [0.15, 0.2) is 0 Å². The molecule has 1 aromatic rings. The van der Waals surface area contributed by atoms with E-state index in [-0.39, 0.29) is 12.4 Å². The van der Waals surface area contributed by atoms with E-state index in [1.54, 1.807) is 4.31 Å². The number of hydrogen-bond donors (Lipinski definition) is 1. The molecule has 4 nitrogen and oxygen atoms in total. The number of benzene rings is 1. The van der Waals surface area contributed by atoms with Crippen LogP contribution in [0.1, 0.15) is 37.7 Å². The van der Waals surface area contributed by atoms with E-state index < -0.39 is 10.0 Å². The minimum Gasteiger partial charge on any atom is -0.329 e. The first-order valence-corrected chi connectivity index (χ1v) is 9.94. The van der Waals surface area contributed by atoms with E-state index in [0.29, 0.717) is 31.3 Å². The van der Waals surface area contributed by atoms with Crippen molar-refractivity contribution in [3.63, 3.8) is 0 Å². The maximum Gasteiger partial charge on any atom is 0.214 e. The fraction of sp³-hybridized carbons (Fsp3) is 0.647. The third-order valence-electron chi connectivity index (χ3n) is 4.44. The summed E-state index contributed by atoms with van der Waals surface area (Å²) in [7, 11) is -3.20. The Morgan fingerprint density at radius 1 is 1.04 bits per heavy atom. The molecule has 0 aliphatic heterocycles. The molecule has 0 aromatic heterocycles. The van der Waals surface area contributed by atoms with Gasteiger partial charge in [-0.3, -0.25) is 0 Å². The average molecular weight is 361 g/mol. The molecule has 1 aliphatic rings. The summed E-state index contributed by atoms with van der Waals surface area (Å²) in [6, 6.07) is 10.0. The van der Waals surface area contributed by atoms with Crippen LogP contribution in [0.4, 0.5) is 0 Å². The second-order valence-electron chi connectivity index (χ2n) is 6.21. The van der Waals surface area contributed by atoms with Crippen LogP contribution in [0.25, 0.3) is 0 Å². The molecule has 0 unspecified atom stereocenters. The number of sulfonamides is 1. The van der Waals surface area contributed by atoms with Gasteiger partial charge in [-0.15, -0.1) is 12.4 Å². The maximum atomic E-state index is 12.7. The van der Waals surface area contributed by atoms with E-state index >= 15 is 0 Å². The average Bonchev–Trinajstić information content (AvgIpc) is 2.53. The van der Waals surface area contributed by atoms with Crippen molar-refractivity contribution in [1.29, 1.82) is 0 Å². The van der Waals surface area contributed by atoms with Crippen LogP contribution in [0, 0.1) is 5.92 Å². The minimum absolute atomic E-state index is 0. The van der Waals surface area contributed by atoms with Crippen molar-refractivity contribution >= 4 is 22.4 Å². The largest absolute Gasteiger partial charge is 0.329 e. The molecule has 2 N–H and O–H groups in total. The van der Waals surface area contributed by atoms with E-state index in [1.165, 1.54) is 19.3 Å². The van der Waals surface area contributed by atoms with Crippen LogP contribution in [0.3, 0.4) is 0 Å². The Bertz CT molecular complexity index is 531. The van der Waals surface area contributed by atoms with Gasteiger partial charge in [0, 0.05) is 19.6 Å². The van der Waals surface area contributed by atoms with Crippen LogP contribution in [0.5, 0.6) is 0 Å². The van der Waals surface area contributed by atoms with E-state index in [1.807, 2.05) is 30.3 Å². The third-order valence-corrected chi connectivity index (χ3v) is 6.48. The van der Waals surface area contributed by atoms with E-state index in [2.05, 4.69) is 0 Å². The Morgan fingerprint density at radius 3 is 2.30 bits per heavy atom. The van der Waals surface area contributed by atoms with E-state index in [0.717, 1.165) is 24.8 Å². The highest BCUT2D eigenvalue weighted by molar-refractivity contribution is 7.89. The molecule has 0 heterocycles. The number of hydrogen-bond acceptors (Lipinski definition) is 3. The van der Waals surface area contributed by atoms with Crippen LogP contribution in [-0.2, 0) is 16.4 Å². The lowest BCUT2D eigenvalue weighted by molar-refractivity contribution is 0.367. The molecule has 0 amide bonds. The monoisotopic (exact) mass is 360 g/mol. The normalized spacial score (nSPS) is 16.3. The first-order chi connectivity index (χ1) is 10.6. The highest BCUT2D eigenvalue weighted by atomic mass is 35.5. The quantitative estimate of drug-likeness (QED) is 0.775. The van der Waals surface area contributed by atoms with Crippen molar-refractivity contribution in [3.8, 4) is 0 Å². The lowest BCUT2D eigenvalue weighted by Gasteiger charge is -2.26. The predicted molar refractivity (Wildman–Crippen MR) is 98.4 cm³/mol. The molecule has 1 fully saturated rings. The molecule has 0 atom stereocenters. The van der Waals surface area contributed by atoms with Crippen molar-refractivity contribution in [2.45, 2.75) is 38.5 Å². The summed E-state index contributed by atoms with van der Waals surface area (Å²) >= 11 is 0. The molecule has 6 heteroatoms. The van der Waals surface area contributed by atoms with Crippen LogP contribution in [0.15, 0.2) is 30.3 Å². The lowest BCUT2D eigenvalue weighted by Crippen LogP contribution is -2.40. The number of nitrogens with zero attached hydrogens (tertiary/aromatic N) is 1. The summed E-state index contributed by atoms with van der Waals surface area (Å²) in [6.07, 6.45) is 6.42. The molecule has 0 bridgehead atoms. The molecule has 1 aliphatic carbocycles. The van der Waals surface area contributed by atoms with E-state index in [9.17, 15) is 8.42 Å².